The predicted molar refractivity (Wildman–Crippen MR) is 83.4 cm³/mol. The number of nitro benzene ring substituents is 1. The van der Waals surface area contributed by atoms with Gasteiger partial charge in [0.25, 0.3) is 5.69 Å². The smallest absolute Gasteiger partial charge is 0.283 e. The summed E-state index contributed by atoms with van der Waals surface area (Å²) in [6.45, 7) is 0.278. The van der Waals surface area contributed by atoms with Gasteiger partial charge in [0.1, 0.15) is 16.8 Å². The summed E-state index contributed by atoms with van der Waals surface area (Å²) in [6.07, 6.45) is 1.98. The summed E-state index contributed by atoms with van der Waals surface area (Å²) in [6, 6.07) is 12.6. The lowest BCUT2D eigenvalue weighted by atomic mass is 10.2. The molecule has 0 radical (unpaired) electrons. The van der Waals surface area contributed by atoms with Crippen molar-refractivity contribution in [3.8, 4) is 5.75 Å². The Kier molecular flexibility index (Phi) is 5.03. The zero-order valence-corrected chi connectivity index (χ0v) is 13.1. The fourth-order valence-corrected chi connectivity index (χ4v) is 2.78. The second-order valence-electron chi connectivity index (χ2n) is 3.95. The van der Waals surface area contributed by atoms with Crippen LogP contribution in [0.2, 0.25) is 0 Å². The van der Waals surface area contributed by atoms with Gasteiger partial charge in [-0.2, -0.15) is 0 Å². The van der Waals surface area contributed by atoms with Gasteiger partial charge < -0.3 is 4.74 Å². The second-order valence-corrected chi connectivity index (χ2v) is 5.59. The van der Waals surface area contributed by atoms with Crippen LogP contribution in [-0.2, 0) is 6.61 Å². The third-order valence-electron chi connectivity index (χ3n) is 2.71. The Balaban J connectivity index is 2.19. The van der Waals surface area contributed by atoms with E-state index in [2.05, 4.69) is 15.9 Å². The van der Waals surface area contributed by atoms with Crippen LogP contribution in [0.5, 0.6) is 5.75 Å². The summed E-state index contributed by atoms with van der Waals surface area (Å²) < 4.78 is 6.22. The molecule has 0 amide bonds. The molecule has 0 heterocycles. The first kappa shape index (κ1) is 14.9. The maximum atomic E-state index is 10.9. The number of rotatable bonds is 5. The fourth-order valence-electron chi connectivity index (χ4n) is 1.71. The van der Waals surface area contributed by atoms with Crippen molar-refractivity contribution in [2.24, 2.45) is 0 Å². The molecule has 0 fully saturated rings. The highest BCUT2D eigenvalue weighted by Gasteiger charge is 2.15. The lowest BCUT2D eigenvalue weighted by molar-refractivity contribution is -0.385. The molecule has 2 rings (SSSR count). The van der Waals surface area contributed by atoms with E-state index in [1.54, 1.807) is 23.9 Å². The molecule has 2 aromatic carbocycles. The van der Waals surface area contributed by atoms with Crippen LogP contribution in [0.3, 0.4) is 0 Å². The second kappa shape index (κ2) is 6.76. The van der Waals surface area contributed by atoms with Crippen molar-refractivity contribution >= 4 is 33.4 Å². The summed E-state index contributed by atoms with van der Waals surface area (Å²) >= 11 is 4.86. The minimum Gasteiger partial charge on any atom is -0.488 e. The number of thioether (sulfide) groups is 1. The van der Waals surface area contributed by atoms with E-state index in [4.69, 9.17) is 4.74 Å². The highest BCUT2D eigenvalue weighted by Crippen LogP contribution is 2.31. The summed E-state index contributed by atoms with van der Waals surface area (Å²) in [4.78, 5) is 11.5. The molecule has 0 bridgehead atoms. The molecule has 0 aromatic heterocycles. The fraction of sp³-hybridized carbons (Fsp3) is 0.143. The van der Waals surface area contributed by atoms with E-state index < -0.39 is 4.92 Å². The van der Waals surface area contributed by atoms with Crippen molar-refractivity contribution in [1.82, 2.24) is 0 Å². The Labute approximate surface area is 129 Å². The number of nitrogens with zero attached hydrogens (tertiary/aromatic N) is 1. The molecule has 20 heavy (non-hydrogen) atoms. The van der Waals surface area contributed by atoms with Crippen LogP contribution >= 0.6 is 27.7 Å². The lowest BCUT2D eigenvalue weighted by Crippen LogP contribution is -1.99. The van der Waals surface area contributed by atoms with Gasteiger partial charge in [-0.05, 0) is 34.3 Å². The first-order chi connectivity index (χ1) is 9.63. The predicted octanol–water partition coefficient (Wildman–Crippen LogP) is 4.66. The third kappa shape index (κ3) is 3.32. The topological polar surface area (TPSA) is 52.4 Å². The lowest BCUT2D eigenvalue weighted by Gasteiger charge is -2.10. The zero-order chi connectivity index (χ0) is 14.5. The van der Waals surface area contributed by atoms with Crippen molar-refractivity contribution in [2.45, 2.75) is 11.5 Å². The van der Waals surface area contributed by atoms with Crippen molar-refractivity contribution in [1.29, 1.82) is 0 Å². The molecule has 4 nitrogen and oxygen atoms in total. The zero-order valence-electron chi connectivity index (χ0n) is 10.7. The molecule has 0 spiro atoms. The summed E-state index contributed by atoms with van der Waals surface area (Å²) in [7, 11) is 0. The standard InChI is InChI=1S/C14H12BrNO3S/c1-20-13-8-3-2-7-12(13)19-9-10-5-4-6-11(14(10)15)16(17)18/h2-8H,9H2,1H3. The Bertz CT molecular complexity index is 634. The van der Waals surface area contributed by atoms with E-state index in [0.29, 0.717) is 4.47 Å². The van der Waals surface area contributed by atoms with E-state index in [-0.39, 0.29) is 12.3 Å². The van der Waals surface area contributed by atoms with Crippen molar-refractivity contribution in [2.75, 3.05) is 6.26 Å². The van der Waals surface area contributed by atoms with Crippen LogP contribution in [0.1, 0.15) is 5.56 Å². The van der Waals surface area contributed by atoms with Crippen LogP contribution in [0.15, 0.2) is 51.8 Å². The summed E-state index contributed by atoms with van der Waals surface area (Å²) in [5, 5.41) is 10.9. The molecule has 0 atom stereocenters. The molecular weight excluding hydrogens is 342 g/mol. The molecular formula is C14H12BrNO3S. The van der Waals surface area contributed by atoms with Gasteiger partial charge in [-0.15, -0.1) is 11.8 Å². The molecule has 0 unspecified atom stereocenters. The maximum Gasteiger partial charge on any atom is 0.283 e. The molecule has 2 aromatic rings. The molecule has 104 valence electrons. The van der Waals surface area contributed by atoms with Gasteiger partial charge in [-0.1, -0.05) is 24.3 Å². The molecule has 0 saturated heterocycles. The molecule has 0 aliphatic heterocycles. The first-order valence-corrected chi connectivity index (χ1v) is 7.83. The van der Waals surface area contributed by atoms with Crippen LogP contribution in [-0.4, -0.2) is 11.2 Å². The summed E-state index contributed by atoms with van der Waals surface area (Å²) in [5.41, 5.74) is 0.791. The Morgan fingerprint density at radius 1 is 1.25 bits per heavy atom. The van der Waals surface area contributed by atoms with E-state index in [0.717, 1.165) is 16.2 Å². The van der Waals surface area contributed by atoms with Crippen LogP contribution in [0.25, 0.3) is 0 Å². The van der Waals surface area contributed by atoms with E-state index in [1.165, 1.54) is 6.07 Å². The monoisotopic (exact) mass is 353 g/mol. The molecule has 0 saturated carbocycles. The number of para-hydroxylation sites is 1. The van der Waals surface area contributed by atoms with Gasteiger partial charge in [-0.3, -0.25) is 10.1 Å². The minimum atomic E-state index is -0.413. The van der Waals surface area contributed by atoms with Crippen molar-refractivity contribution < 1.29 is 9.66 Å². The third-order valence-corrected chi connectivity index (χ3v) is 4.40. The van der Waals surface area contributed by atoms with Gasteiger partial charge >= 0.3 is 0 Å². The van der Waals surface area contributed by atoms with Gasteiger partial charge in [0, 0.05) is 16.5 Å². The highest BCUT2D eigenvalue weighted by atomic mass is 79.9. The van der Waals surface area contributed by atoms with Crippen molar-refractivity contribution in [3.63, 3.8) is 0 Å². The van der Waals surface area contributed by atoms with Crippen molar-refractivity contribution in [3.05, 3.63) is 62.6 Å². The average molecular weight is 354 g/mol. The number of ether oxygens (including phenoxy) is 1. The molecule has 0 aliphatic rings. The number of halogens is 1. The first-order valence-electron chi connectivity index (χ1n) is 5.81. The Hall–Kier alpha value is -1.53. The largest absolute Gasteiger partial charge is 0.488 e. The number of nitro groups is 1. The van der Waals surface area contributed by atoms with Gasteiger partial charge in [0.2, 0.25) is 0 Å². The molecule has 0 N–H and O–H groups in total. The van der Waals surface area contributed by atoms with Gasteiger partial charge in [0.15, 0.2) is 0 Å². The number of hydrogen-bond acceptors (Lipinski definition) is 4. The maximum absolute atomic E-state index is 10.9. The highest BCUT2D eigenvalue weighted by molar-refractivity contribution is 9.10. The number of benzene rings is 2. The van der Waals surface area contributed by atoms with Gasteiger partial charge in [-0.25, -0.2) is 0 Å². The van der Waals surface area contributed by atoms with Crippen LogP contribution in [0, 0.1) is 10.1 Å². The van der Waals surface area contributed by atoms with Crippen LogP contribution in [0.4, 0.5) is 5.69 Å². The minimum absolute atomic E-state index is 0.0456. The Morgan fingerprint density at radius 2 is 2.00 bits per heavy atom. The van der Waals surface area contributed by atoms with E-state index in [1.807, 2.05) is 30.5 Å². The SMILES string of the molecule is CSc1ccccc1OCc1cccc([N+](=O)[O-])c1Br. The van der Waals surface area contributed by atoms with E-state index >= 15 is 0 Å². The summed E-state index contributed by atoms with van der Waals surface area (Å²) in [5.74, 6) is 0.776. The number of hydrogen-bond donors (Lipinski definition) is 0. The molecule has 0 aliphatic carbocycles. The van der Waals surface area contributed by atoms with Crippen LogP contribution < -0.4 is 4.74 Å². The quantitative estimate of drug-likeness (QED) is 0.445. The van der Waals surface area contributed by atoms with Gasteiger partial charge in [0.05, 0.1) is 4.92 Å². The normalized spacial score (nSPS) is 10.3. The molecule has 6 heteroatoms. The average Bonchev–Trinajstić information content (AvgIpc) is 2.46. The van der Waals surface area contributed by atoms with E-state index in [9.17, 15) is 10.1 Å². The Morgan fingerprint density at radius 3 is 2.70 bits per heavy atom.